The fourth-order valence-corrected chi connectivity index (χ4v) is 5.13. The minimum Gasteiger partial charge on any atom is -0.462 e. The molecule has 0 spiro atoms. The molecule has 0 saturated carbocycles. The summed E-state index contributed by atoms with van der Waals surface area (Å²) in [6, 6.07) is 0. The van der Waals surface area contributed by atoms with Gasteiger partial charge in [0.2, 0.25) is 0 Å². The summed E-state index contributed by atoms with van der Waals surface area (Å²) in [5.41, 5.74) is 0. The van der Waals surface area contributed by atoms with Crippen molar-refractivity contribution < 1.29 is 28.6 Å². The van der Waals surface area contributed by atoms with Gasteiger partial charge in [0.1, 0.15) is 13.2 Å². The van der Waals surface area contributed by atoms with Crippen LogP contribution in [0.3, 0.4) is 0 Å². The van der Waals surface area contributed by atoms with E-state index in [-0.39, 0.29) is 31.1 Å². The summed E-state index contributed by atoms with van der Waals surface area (Å²) >= 11 is 0. The first-order valence-corrected chi connectivity index (χ1v) is 18.3. The van der Waals surface area contributed by atoms with Gasteiger partial charge in [0.15, 0.2) is 6.10 Å². The second-order valence-corrected chi connectivity index (χ2v) is 13.2. The van der Waals surface area contributed by atoms with Crippen LogP contribution in [0.15, 0.2) is 0 Å². The lowest BCUT2D eigenvalue weighted by molar-refractivity contribution is -0.167. The molecule has 0 aromatic heterocycles. The van der Waals surface area contributed by atoms with Gasteiger partial charge in [0, 0.05) is 19.3 Å². The summed E-state index contributed by atoms with van der Waals surface area (Å²) in [5.74, 6) is 0.702. The molecule has 1 unspecified atom stereocenters. The average molecular weight is 611 g/mol. The number of hydrogen-bond acceptors (Lipinski definition) is 6. The van der Waals surface area contributed by atoms with Gasteiger partial charge in [-0.3, -0.25) is 14.4 Å². The molecule has 0 saturated heterocycles. The predicted octanol–water partition coefficient (Wildman–Crippen LogP) is 10.7. The molecule has 0 rings (SSSR count). The number of carbonyl (C=O) groups is 3. The van der Waals surface area contributed by atoms with Crippen LogP contribution in [0.4, 0.5) is 0 Å². The van der Waals surface area contributed by atoms with Crippen molar-refractivity contribution in [3.05, 3.63) is 0 Å². The monoisotopic (exact) mass is 611 g/mol. The highest BCUT2D eigenvalue weighted by Crippen LogP contribution is 2.16. The summed E-state index contributed by atoms with van der Waals surface area (Å²) in [5, 5.41) is 0. The molecule has 0 aliphatic rings. The summed E-state index contributed by atoms with van der Waals surface area (Å²) in [6.45, 7) is 11.1. The normalized spacial score (nSPS) is 12.7. The van der Waals surface area contributed by atoms with Gasteiger partial charge in [0.25, 0.3) is 0 Å². The molecule has 0 radical (unpaired) electrons. The van der Waals surface area contributed by atoms with Crippen molar-refractivity contribution in [2.45, 2.75) is 195 Å². The third kappa shape index (κ3) is 30.2. The number of hydrogen-bond donors (Lipinski definition) is 0. The van der Waals surface area contributed by atoms with E-state index in [2.05, 4.69) is 34.6 Å². The number of carbonyl (C=O) groups excluding carboxylic acids is 3. The van der Waals surface area contributed by atoms with Gasteiger partial charge < -0.3 is 14.2 Å². The van der Waals surface area contributed by atoms with Crippen LogP contribution in [0.25, 0.3) is 0 Å². The minimum atomic E-state index is -0.758. The zero-order valence-corrected chi connectivity index (χ0v) is 29.1. The highest BCUT2D eigenvalue weighted by molar-refractivity contribution is 5.71. The molecular formula is C37H70O6. The molecule has 0 aromatic carbocycles. The largest absolute Gasteiger partial charge is 0.462 e. The Hall–Kier alpha value is -1.59. The quantitative estimate of drug-likeness (QED) is 0.0441. The lowest BCUT2D eigenvalue weighted by atomic mass is 10.00. The lowest BCUT2D eigenvalue weighted by Crippen LogP contribution is -2.30. The van der Waals surface area contributed by atoms with Crippen LogP contribution in [-0.2, 0) is 28.6 Å². The Morgan fingerprint density at radius 3 is 1.33 bits per heavy atom. The number of esters is 3. The van der Waals surface area contributed by atoms with Crippen LogP contribution in [0.1, 0.15) is 189 Å². The van der Waals surface area contributed by atoms with E-state index in [4.69, 9.17) is 14.2 Å². The number of ether oxygens (including phenoxy) is 3. The highest BCUT2D eigenvalue weighted by Gasteiger charge is 2.19. The third-order valence-corrected chi connectivity index (χ3v) is 8.33. The molecule has 0 amide bonds. The van der Waals surface area contributed by atoms with Gasteiger partial charge in [-0.25, -0.2) is 0 Å². The molecule has 6 nitrogen and oxygen atoms in total. The summed E-state index contributed by atoms with van der Waals surface area (Å²) in [4.78, 5) is 37.1. The Labute approximate surface area is 266 Å². The zero-order chi connectivity index (χ0) is 32.0. The standard InChI is InChI=1S/C37H70O6/c1-6-8-9-15-22-27-35(38)41-30-34(43-37(40)29-24-19-14-13-17-21-26-33(5)7-2)31-42-36(39)28-23-18-12-10-11-16-20-25-32(3)4/h32-34H,6-31H2,1-5H3/t33?,34-/m1/s1. The molecule has 6 heteroatoms. The maximum atomic E-state index is 12.5. The molecule has 0 bridgehead atoms. The lowest BCUT2D eigenvalue weighted by Gasteiger charge is -2.18. The van der Waals surface area contributed by atoms with Crippen molar-refractivity contribution >= 4 is 17.9 Å². The number of rotatable bonds is 31. The Morgan fingerprint density at radius 1 is 0.488 bits per heavy atom. The first kappa shape index (κ1) is 41.4. The molecule has 0 aliphatic heterocycles. The molecule has 0 N–H and O–H groups in total. The summed E-state index contributed by atoms with van der Waals surface area (Å²) in [6.07, 6.45) is 24.1. The molecule has 0 fully saturated rings. The van der Waals surface area contributed by atoms with Crippen LogP contribution in [-0.4, -0.2) is 37.2 Å². The molecule has 43 heavy (non-hydrogen) atoms. The molecular weight excluding hydrogens is 540 g/mol. The molecule has 0 heterocycles. The van der Waals surface area contributed by atoms with Crippen molar-refractivity contribution in [1.29, 1.82) is 0 Å². The Balaban J connectivity index is 4.33. The highest BCUT2D eigenvalue weighted by atomic mass is 16.6. The maximum Gasteiger partial charge on any atom is 0.306 e. The second kappa shape index (κ2) is 30.4. The topological polar surface area (TPSA) is 78.9 Å². The van der Waals surface area contributed by atoms with Gasteiger partial charge in [-0.05, 0) is 31.1 Å². The first-order chi connectivity index (χ1) is 20.8. The van der Waals surface area contributed by atoms with Crippen molar-refractivity contribution in [1.82, 2.24) is 0 Å². The van der Waals surface area contributed by atoms with Crippen LogP contribution in [0.5, 0.6) is 0 Å². The summed E-state index contributed by atoms with van der Waals surface area (Å²) < 4.78 is 16.5. The van der Waals surface area contributed by atoms with Crippen molar-refractivity contribution in [3.63, 3.8) is 0 Å². The van der Waals surface area contributed by atoms with Crippen LogP contribution < -0.4 is 0 Å². The SMILES string of the molecule is CCCCCCCC(=O)OC[C@H](COC(=O)CCCCCCCCCC(C)C)OC(=O)CCCCCCCCC(C)CC. The van der Waals surface area contributed by atoms with E-state index in [1.54, 1.807) is 0 Å². The first-order valence-electron chi connectivity index (χ1n) is 18.3. The van der Waals surface area contributed by atoms with Crippen molar-refractivity contribution in [3.8, 4) is 0 Å². The Kier molecular flexibility index (Phi) is 29.3. The second-order valence-electron chi connectivity index (χ2n) is 13.2. The Bertz CT molecular complexity index is 661. The van der Waals surface area contributed by atoms with Gasteiger partial charge in [0.05, 0.1) is 0 Å². The molecule has 0 aliphatic carbocycles. The number of unbranched alkanes of at least 4 members (excludes halogenated alkanes) is 15. The molecule has 2 atom stereocenters. The average Bonchev–Trinajstić information content (AvgIpc) is 2.98. The third-order valence-electron chi connectivity index (χ3n) is 8.33. The van der Waals surface area contributed by atoms with Crippen LogP contribution in [0.2, 0.25) is 0 Å². The smallest absolute Gasteiger partial charge is 0.306 e. The van der Waals surface area contributed by atoms with Gasteiger partial charge >= 0.3 is 17.9 Å². The zero-order valence-electron chi connectivity index (χ0n) is 29.1. The predicted molar refractivity (Wildman–Crippen MR) is 178 cm³/mol. The Morgan fingerprint density at radius 2 is 0.884 bits per heavy atom. The molecule has 0 aromatic rings. The maximum absolute atomic E-state index is 12.5. The van der Waals surface area contributed by atoms with E-state index < -0.39 is 6.10 Å². The van der Waals surface area contributed by atoms with E-state index in [0.717, 1.165) is 76.0 Å². The summed E-state index contributed by atoms with van der Waals surface area (Å²) in [7, 11) is 0. The van der Waals surface area contributed by atoms with Crippen molar-refractivity contribution in [2.75, 3.05) is 13.2 Å². The van der Waals surface area contributed by atoms with Crippen LogP contribution in [0, 0.1) is 11.8 Å². The van der Waals surface area contributed by atoms with E-state index in [1.807, 2.05) is 0 Å². The van der Waals surface area contributed by atoms with E-state index in [1.165, 1.54) is 70.6 Å². The van der Waals surface area contributed by atoms with E-state index in [0.29, 0.717) is 19.3 Å². The van der Waals surface area contributed by atoms with Gasteiger partial charge in [-0.15, -0.1) is 0 Å². The van der Waals surface area contributed by atoms with Gasteiger partial charge in [-0.1, -0.05) is 150 Å². The van der Waals surface area contributed by atoms with Gasteiger partial charge in [-0.2, -0.15) is 0 Å². The minimum absolute atomic E-state index is 0.0691. The van der Waals surface area contributed by atoms with Crippen LogP contribution >= 0.6 is 0 Å². The fourth-order valence-electron chi connectivity index (χ4n) is 5.13. The molecule has 254 valence electrons. The van der Waals surface area contributed by atoms with E-state index in [9.17, 15) is 14.4 Å². The fraction of sp³-hybridized carbons (Fsp3) is 0.919. The van der Waals surface area contributed by atoms with Crippen molar-refractivity contribution in [2.24, 2.45) is 11.8 Å². The van der Waals surface area contributed by atoms with E-state index >= 15 is 0 Å².